The minimum atomic E-state index is -4.47. The molecule has 2 rings (SSSR count). The molecule has 2 aromatic carbocycles. The first-order valence-corrected chi connectivity index (χ1v) is 9.70. The maximum atomic E-state index is 12.8. The molecule has 0 fully saturated rings. The van der Waals surface area contributed by atoms with E-state index in [1.807, 2.05) is 0 Å². The Morgan fingerprint density at radius 2 is 1.62 bits per heavy atom. The molecule has 2 aromatic rings. The maximum Gasteiger partial charge on any atom is 1.00 e. The second-order valence-electron chi connectivity index (χ2n) is 4.98. The Morgan fingerprint density at radius 3 is 2.12 bits per heavy atom. The summed E-state index contributed by atoms with van der Waals surface area (Å²) in [6.07, 6.45) is 0. The van der Waals surface area contributed by atoms with Crippen LogP contribution in [0.3, 0.4) is 0 Å². The molecule has 0 spiro atoms. The molecule has 0 aromatic heterocycles. The Hall–Kier alpha value is -1.79. The molecule has 26 heavy (non-hydrogen) atoms. The van der Waals surface area contributed by atoms with Gasteiger partial charge in [0.15, 0.2) is 0 Å². The molecule has 0 radical (unpaired) electrons. The summed E-state index contributed by atoms with van der Waals surface area (Å²) < 4.78 is 52.0. The van der Waals surface area contributed by atoms with Crippen LogP contribution in [0.4, 0.5) is 11.4 Å². The standard InChI is InChI=1S/C14H14N4O5S2.Na/c1-9(19)18-25(22,23)14-8-11(17-16)4-7-13(14)24(20,21)12-5-2-10(15)3-6-12;/h2-8,16H,15H2,1H3,(H,18,19);/q;+1. The number of nitrogen functional groups attached to an aromatic ring is 1. The largest absolute Gasteiger partial charge is 1.00 e. The Bertz CT molecular complexity index is 1050. The number of nitrogens with zero attached hydrogens (tertiary/aromatic N) is 1. The quantitative estimate of drug-likeness (QED) is 0.315. The number of hydrogen-bond acceptors (Lipinski definition) is 8. The summed E-state index contributed by atoms with van der Waals surface area (Å²) in [5, 5.41) is 3.09. The van der Waals surface area contributed by atoms with Gasteiger partial charge in [-0.05, 0) is 42.5 Å². The van der Waals surface area contributed by atoms with Gasteiger partial charge in [0.25, 0.3) is 10.0 Å². The molecule has 0 aliphatic carbocycles. The van der Waals surface area contributed by atoms with Gasteiger partial charge in [0.2, 0.25) is 15.7 Å². The summed E-state index contributed by atoms with van der Waals surface area (Å²) in [5.41, 5.74) is 12.8. The summed E-state index contributed by atoms with van der Waals surface area (Å²) >= 11 is 0. The smallest absolute Gasteiger partial charge is 0.399 e. The Labute approximate surface area is 172 Å². The second kappa shape index (κ2) is 8.27. The van der Waals surface area contributed by atoms with Crippen LogP contribution in [-0.4, -0.2) is 22.7 Å². The van der Waals surface area contributed by atoms with Gasteiger partial charge in [0, 0.05) is 12.6 Å². The first-order chi connectivity index (χ1) is 11.6. The molecular weight excluding hydrogens is 391 g/mol. The predicted molar refractivity (Wildman–Crippen MR) is 88.6 cm³/mol. The third-order valence-electron chi connectivity index (χ3n) is 3.10. The molecule has 0 aliphatic heterocycles. The fourth-order valence-corrected chi connectivity index (χ4v) is 5.09. The van der Waals surface area contributed by atoms with E-state index >= 15 is 0 Å². The van der Waals surface area contributed by atoms with Crippen LogP contribution >= 0.6 is 0 Å². The molecule has 1 amide bonds. The van der Waals surface area contributed by atoms with E-state index in [9.17, 15) is 21.6 Å². The van der Waals surface area contributed by atoms with Gasteiger partial charge >= 0.3 is 29.6 Å². The predicted octanol–water partition coefficient (Wildman–Crippen LogP) is -1.41. The molecule has 0 saturated heterocycles. The van der Waals surface area contributed by atoms with Crippen molar-refractivity contribution in [3.63, 3.8) is 0 Å². The van der Waals surface area contributed by atoms with E-state index in [0.29, 0.717) is 5.69 Å². The number of nitrogens with one attached hydrogen (secondary N) is 2. The fourth-order valence-electron chi connectivity index (χ4n) is 2.02. The number of anilines is 1. The van der Waals surface area contributed by atoms with Gasteiger partial charge in [-0.15, -0.1) is 0 Å². The van der Waals surface area contributed by atoms with Crippen LogP contribution in [-0.2, 0) is 24.7 Å². The van der Waals surface area contributed by atoms with Gasteiger partial charge in [-0.3, -0.25) is 4.79 Å². The van der Waals surface area contributed by atoms with Crippen LogP contribution in [0.25, 0.3) is 0 Å². The van der Waals surface area contributed by atoms with Crippen molar-refractivity contribution in [1.29, 1.82) is 5.53 Å². The van der Waals surface area contributed by atoms with Crippen molar-refractivity contribution in [1.82, 2.24) is 4.72 Å². The molecule has 0 bridgehead atoms. The normalized spacial score (nSPS) is 11.3. The summed E-state index contributed by atoms with van der Waals surface area (Å²) in [6.45, 7) is 0.977. The number of sulfonamides is 1. The Kier molecular flexibility index (Phi) is 7.08. The fraction of sp³-hybridized carbons (Fsp3) is 0.0714. The topological polar surface area (TPSA) is 160 Å². The van der Waals surface area contributed by atoms with Crippen molar-refractivity contribution in [2.45, 2.75) is 21.6 Å². The average Bonchev–Trinajstić information content (AvgIpc) is 2.53. The SMILES string of the molecule is CC(=O)NS(=O)(=O)c1cc(N=N)ccc1S(=O)(=O)c1ccc(N)cc1.[Na+]. The number of rotatable bonds is 5. The minimum Gasteiger partial charge on any atom is -0.399 e. The zero-order valence-electron chi connectivity index (χ0n) is 13.9. The first-order valence-electron chi connectivity index (χ1n) is 6.73. The zero-order valence-corrected chi connectivity index (χ0v) is 17.6. The summed E-state index contributed by atoms with van der Waals surface area (Å²) in [5.74, 6) is -0.885. The molecule has 4 N–H and O–H groups in total. The third kappa shape index (κ3) is 4.68. The number of carbonyl (C=O) groups excluding carboxylic acids is 1. The van der Waals surface area contributed by atoms with Crippen LogP contribution in [0.2, 0.25) is 0 Å². The van der Waals surface area contributed by atoms with E-state index in [1.165, 1.54) is 30.3 Å². The summed E-state index contributed by atoms with van der Waals surface area (Å²) in [6, 6.07) is 8.31. The van der Waals surface area contributed by atoms with Gasteiger partial charge in [-0.1, -0.05) is 0 Å². The molecule has 0 atom stereocenters. The van der Waals surface area contributed by atoms with E-state index in [1.54, 1.807) is 4.72 Å². The van der Waals surface area contributed by atoms with Gasteiger partial charge < -0.3 is 5.73 Å². The van der Waals surface area contributed by atoms with E-state index in [2.05, 4.69) is 5.11 Å². The van der Waals surface area contributed by atoms with Crippen molar-refractivity contribution in [2.75, 3.05) is 5.73 Å². The number of carbonyl (C=O) groups is 1. The molecule has 9 nitrogen and oxygen atoms in total. The van der Waals surface area contributed by atoms with Crippen molar-refractivity contribution in [2.24, 2.45) is 5.11 Å². The number of amides is 1. The summed E-state index contributed by atoms with van der Waals surface area (Å²) in [7, 11) is -8.69. The summed E-state index contributed by atoms with van der Waals surface area (Å²) in [4.78, 5) is 9.76. The molecule has 132 valence electrons. The van der Waals surface area contributed by atoms with E-state index in [-0.39, 0.29) is 40.1 Å². The van der Waals surface area contributed by atoms with Crippen LogP contribution in [0.1, 0.15) is 6.92 Å². The van der Waals surface area contributed by atoms with Crippen molar-refractivity contribution in [3.05, 3.63) is 42.5 Å². The molecule has 0 unspecified atom stereocenters. The van der Waals surface area contributed by atoms with Gasteiger partial charge in [0.1, 0.15) is 4.90 Å². The number of hydrogen-bond donors (Lipinski definition) is 3. The van der Waals surface area contributed by atoms with Crippen LogP contribution in [0, 0.1) is 5.53 Å². The molecular formula is C14H14N4NaO5S2+. The minimum absolute atomic E-state index is 0. The first kappa shape index (κ1) is 22.3. The van der Waals surface area contributed by atoms with Crippen molar-refractivity contribution in [3.8, 4) is 0 Å². The number of nitrogens with two attached hydrogens (primary N) is 1. The Morgan fingerprint density at radius 1 is 1.04 bits per heavy atom. The molecule has 0 heterocycles. The molecule has 12 heteroatoms. The third-order valence-corrected chi connectivity index (χ3v) is 6.53. The van der Waals surface area contributed by atoms with Crippen molar-refractivity contribution >= 4 is 37.1 Å². The van der Waals surface area contributed by atoms with Crippen LogP contribution < -0.4 is 40.0 Å². The van der Waals surface area contributed by atoms with E-state index in [4.69, 9.17) is 11.3 Å². The number of sulfone groups is 1. The van der Waals surface area contributed by atoms with E-state index < -0.39 is 35.6 Å². The van der Waals surface area contributed by atoms with Gasteiger partial charge in [-0.2, -0.15) is 5.11 Å². The molecule has 0 aliphatic rings. The molecule has 0 saturated carbocycles. The van der Waals surface area contributed by atoms with Gasteiger partial charge in [0.05, 0.1) is 15.5 Å². The zero-order chi connectivity index (χ0) is 18.8. The van der Waals surface area contributed by atoms with Gasteiger partial charge in [-0.25, -0.2) is 27.1 Å². The van der Waals surface area contributed by atoms with Crippen molar-refractivity contribution < 1.29 is 51.2 Å². The maximum absolute atomic E-state index is 12.8. The van der Waals surface area contributed by atoms with Crippen LogP contribution in [0.15, 0.2) is 62.3 Å². The second-order valence-corrected chi connectivity index (χ2v) is 8.55. The number of benzene rings is 2. The van der Waals surface area contributed by atoms with E-state index in [0.717, 1.165) is 19.1 Å². The monoisotopic (exact) mass is 405 g/mol. The Balaban J connectivity index is 0.00000338. The van der Waals surface area contributed by atoms with Crippen LogP contribution in [0.5, 0.6) is 0 Å². The average molecular weight is 405 g/mol.